The summed E-state index contributed by atoms with van der Waals surface area (Å²) in [6.07, 6.45) is 1.64. The topological polar surface area (TPSA) is 106 Å². The van der Waals surface area contributed by atoms with Crippen LogP contribution in [0.15, 0.2) is 108 Å². The number of nitrogens with one attached hydrogen (secondary N) is 3. The highest BCUT2D eigenvalue weighted by atomic mass is 32.2. The van der Waals surface area contributed by atoms with E-state index in [4.69, 9.17) is 9.47 Å². The zero-order valence-electron chi connectivity index (χ0n) is 23.5. The van der Waals surface area contributed by atoms with Crippen LogP contribution < -0.4 is 25.4 Å². The van der Waals surface area contributed by atoms with Gasteiger partial charge in [-0.1, -0.05) is 48.0 Å². The third-order valence-electron chi connectivity index (χ3n) is 6.00. The van der Waals surface area contributed by atoms with Crippen molar-refractivity contribution in [2.24, 2.45) is 0 Å². The summed E-state index contributed by atoms with van der Waals surface area (Å²) in [4.78, 5) is 39.5. The number of thioether (sulfide) groups is 1. The Morgan fingerprint density at radius 2 is 1.45 bits per heavy atom. The van der Waals surface area contributed by atoms with Crippen LogP contribution in [0, 0.1) is 6.92 Å². The van der Waals surface area contributed by atoms with Crippen LogP contribution in [-0.2, 0) is 9.59 Å². The van der Waals surface area contributed by atoms with E-state index < -0.39 is 5.91 Å². The first-order valence-electron chi connectivity index (χ1n) is 13.0. The summed E-state index contributed by atoms with van der Waals surface area (Å²) in [5.74, 6) is 0.294. The maximum absolute atomic E-state index is 13.3. The molecule has 0 fully saturated rings. The molecule has 4 rings (SSSR count). The van der Waals surface area contributed by atoms with Crippen LogP contribution in [0.5, 0.6) is 11.5 Å². The van der Waals surface area contributed by atoms with E-state index in [1.165, 1.54) is 11.8 Å². The fourth-order valence-corrected chi connectivity index (χ4v) is 4.63. The maximum Gasteiger partial charge on any atom is 0.272 e. The molecule has 3 N–H and O–H groups in total. The Kier molecular flexibility index (Phi) is 10.4. The Morgan fingerprint density at radius 3 is 2.10 bits per heavy atom. The highest BCUT2D eigenvalue weighted by Crippen LogP contribution is 2.26. The second-order valence-corrected chi connectivity index (χ2v) is 10.3. The average Bonchev–Trinajstić information content (AvgIpc) is 3.00. The van der Waals surface area contributed by atoms with Gasteiger partial charge in [0.05, 0.1) is 20.0 Å². The van der Waals surface area contributed by atoms with Crippen molar-refractivity contribution < 1.29 is 23.9 Å². The molecule has 3 amide bonds. The Bertz CT molecular complexity index is 1570. The standard InChI is InChI=1S/C33H31N3O5S/c1-22-8-7-9-23(16-22)17-30(36-32(38)24-10-5-4-6-11-24)33(39)35-25-12-14-29(15-13-25)42-21-31(37)34-26-18-27(40-2)20-28(19-26)41-3/h4-20H,21H2,1-3H3,(H,34,37)(H,35,39)(H,36,38)/b30-17-. The minimum atomic E-state index is -0.464. The second-order valence-electron chi connectivity index (χ2n) is 9.21. The van der Waals surface area contributed by atoms with Gasteiger partial charge in [-0.3, -0.25) is 14.4 Å². The molecule has 4 aromatic carbocycles. The van der Waals surface area contributed by atoms with Crippen molar-refractivity contribution in [3.05, 3.63) is 119 Å². The quantitative estimate of drug-likeness (QED) is 0.145. The number of anilines is 2. The van der Waals surface area contributed by atoms with Crippen LogP contribution in [0.4, 0.5) is 11.4 Å². The van der Waals surface area contributed by atoms with Crippen LogP contribution in [0.3, 0.4) is 0 Å². The molecule has 0 aliphatic carbocycles. The Balaban J connectivity index is 1.39. The number of rotatable bonds is 11. The lowest BCUT2D eigenvalue weighted by molar-refractivity contribution is -0.114. The Morgan fingerprint density at radius 1 is 0.762 bits per heavy atom. The molecule has 0 aromatic heterocycles. The molecule has 0 saturated heterocycles. The molecule has 9 heteroatoms. The molecule has 0 aliphatic heterocycles. The number of ether oxygens (including phenoxy) is 2. The summed E-state index contributed by atoms with van der Waals surface area (Å²) in [5.41, 5.74) is 3.48. The summed E-state index contributed by atoms with van der Waals surface area (Å²) in [6, 6.07) is 28.6. The first kappa shape index (κ1) is 30.0. The minimum Gasteiger partial charge on any atom is -0.497 e. The van der Waals surface area contributed by atoms with Gasteiger partial charge in [0.25, 0.3) is 11.8 Å². The molecule has 0 unspecified atom stereocenters. The lowest BCUT2D eigenvalue weighted by Gasteiger charge is -2.12. The monoisotopic (exact) mass is 581 g/mol. The highest BCUT2D eigenvalue weighted by molar-refractivity contribution is 8.00. The SMILES string of the molecule is COc1cc(NC(=O)CSc2ccc(NC(=O)/C(=C/c3cccc(C)c3)NC(=O)c3ccccc3)cc2)cc(OC)c1. The van der Waals surface area contributed by atoms with Gasteiger partial charge < -0.3 is 25.4 Å². The molecule has 0 spiro atoms. The zero-order chi connectivity index (χ0) is 29.9. The van der Waals surface area contributed by atoms with Gasteiger partial charge in [-0.2, -0.15) is 0 Å². The van der Waals surface area contributed by atoms with E-state index in [1.807, 2.05) is 49.4 Å². The third-order valence-corrected chi connectivity index (χ3v) is 7.01. The number of methoxy groups -OCH3 is 2. The van der Waals surface area contributed by atoms with Gasteiger partial charge >= 0.3 is 0 Å². The van der Waals surface area contributed by atoms with Crippen LogP contribution in [-0.4, -0.2) is 37.7 Å². The van der Waals surface area contributed by atoms with E-state index in [9.17, 15) is 14.4 Å². The summed E-state index contributed by atoms with van der Waals surface area (Å²) in [6.45, 7) is 1.96. The lowest BCUT2D eigenvalue weighted by Crippen LogP contribution is -2.30. The van der Waals surface area contributed by atoms with Crippen LogP contribution in [0.25, 0.3) is 6.08 Å². The predicted octanol–water partition coefficient (Wildman–Crippen LogP) is 6.15. The Hall–Kier alpha value is -5.02. The fourth-order valence-electron chi connectivity index (χ4n) is 3.93. The molecule has 214 valence electrons. The fraction of sp³-hybridized carbons (Fsp3) is 0.121. The van der Waals surface area contributed by atoms with E-state index in [0.29, 0.717) is 28.4 Å². The van der Waals surface area contributed by atoms with E-state index in [2.05, 4.69) is 16.0 Å². The minimum absolute atomic E-state index is 0.110. The van der Waals surface area contributed by atoms with Gasteiger partial charge in [0.2, 0.25) is 5.91 Å². The average molecular weight is 582 g/mol. The number of benzene rings is 4. The normalized spacial score (nSPS) is 10.9. The summed E-state index contributed by atoms with van der Waals surface area (Å²) in [7, 11) is 3.09. The number of aryl methyl sites for hydroxylation is 1. The first-order chi connectivity index (χ1) is 20.3. The molecule has 0 heterocycles. The maximum atomic E-state index is 13.3. The summed E-state index contributed by atoms with van der Waals surface area (Å²) in [5, 5.41) is 8.44. The van der Waals surface area contributed by atoms with E-state index in [1.54, 1.807) is 74.9 Å². The molecule has 0 atom stereocenters. The van der Waals surface area contributed by atoms with Crippen LogP contribution >= 0.6 is 11.8 Å². The van der Waals surface area contributed by atoms with Crippen molar-refractivity contribution in [2.75, 3.05) is 30.6 Å². The smallest absolute Gasteiger partial charge is 0.272 e. The molecule has 42 heavy (non-hydrogen) atoms. The second kappa shape index (κ2) is 14.6. The third kappa shape index (κ3) is 8.74. The summed E-state index contributed by atoms with van der Waals surface area (Å²) >= 11 is 1.36. The van der Waals surface area contributed by atoms with Crippen LogP contribution in [0.1, 0.15) is 21.5 Å². The molecule has 0 saturated carbocycles. The number of carbonyl (C=O) groups excluding carboxylic acids is 3. The van der Waals surface area contributed by atoms with Gasteiger partial charge in [0.15, 0.2) is 0 Å². The van der Waals surface area contributed by atoms with E-state index in [0.717, 1.165) is 16.0 Å². The van der Waals surface area contributed by atoms with Crippen LogP contribution in [0.2, 0.25) is 0 Å². The van der Waals surface area contributed by atoms with Gasteiger partial charge in [-0.25, -0.2) is 0 Å². The zero-order valence-corrected chi connectivity index (χ0v) is 24.3. The molecule has 0 radical (unpaired) electrons. The molecule has 0 bridgehead atoms. The number of amides is 3. The first-order valence-corrected chi connectivity index (χ1v) is 14.0. The molecule has 4 aromatic rings. The van der Waals surface area contributed by atoms with E-state index in [-0.39, 0.29) is 23.3 Å². The summed E-state index contributed by atoms with van der Waals surface area (Å²) < 4.78 is 10.5. The van der Waals surface area contributed by atoms with Crippen molar-refractivity contribution >= 4 is 46.9 Å². The largest absolute Gasteiger partial charge is 0.497 e. The van der Waals surface area contributed by atoms with Crippen molar-refractivity contribution in [1.82, 2.24) is 5.32 Å². The molecular formula is C33H31N3O5S. The predicted molar refractivity (Wildman–Crippen MR) is 167 cm³/mol. The molecular weight excluding hydrogens is 550 g/mol. The van der Waals surface area contributed by atoms with Gasteiger partial charge in [0.1, 0.15) is 17.2 Å². The number of carbonyl (C=O) groups is 3. The van der Waals surface area contributed by atoms with E-state index >= 15 is 0 Å². The molecule has 8 nitrogen and oxygen atoms in total. The van der Waals surface area contributed by atoms with Gasteiger partial charge in [-0.15, -0.1) is 11.8 Å². The highest BCUT2D eigenvalue weighted by Gasteiger charge is 2.15. The van der Waals surface area contributed by atoms with Gasteiger partial charge in [-0.05, 0) is 55.0 Å². The van der Waals surface area contributed by atoms with Crippen molar-refractivity contribution in [1.29, 1.82) is 0 Å². The number of hydrogen-bond donors (Lipinski definition) is 3. The Labute approximate surface area is 249 Å². The molecule has 0 aliphatic rings. The van der Waals surface area contributed by atoms with Gasteiger partial charge in [0, 0.05) is 40.0 Å². The van der Waals surface area contributed by atoms with Crippen molar-refractivity contribution in [2.45, 2.75) is 11.8 Å². The number of hydrogen-bond acceptors (Lipinski definition) is 6. The lowest BCUT2D eigenvalue weighted by atomic mass is 10.1. The van der Waals surface area contributed by atoms with Crippen molar-refractivity contribution in [3.8, 4) is 11.5 Å². The van der Waals surface area contributed by atoms with Crippen molar-refractivity contribution in [3.63, 3.8) is 0 Å².